The fraction of sp³-hybridized carbons (Fsp3) is 0.385. The van der Waals surface area contributed by atoms with E-state index < -0.39 is 23.9 Å². The summed E-state index contributed by atoms with van der Waals surface area (Å²) >= 11 is 5.67. The Kier molecular flexibility index (Phi) is 6.24. The largest absolute Gasteiger partial charge is 0.481 e. The van der Waals surface area contributed by atoms with Crippen LogP contribution in [-0.2, 0) is 4.79 Å². The Balaban J connectivity index is 2.62. The summed E-state index contributed by atoms with van der Waals surface area (Å²) in [6, 6.07) is 2.58. The normalized spacial score (nSPS) is 11.8. The number of urea groups is 1. The van der Waals surface area contributed by atoms with Gasteiger partial charge in [-0.2, -0.15) is 0 Å². The van der Waals surface area contributed by atoms with Crippen LogP contribution in [0.25, 0.3) is 0 Å². The van der Waals surface area contributed by atoms with Crippen molar-refractivity contribution in [2.24, 2.45) is 0 Å². The third kappa shape index (κ3) is 5.88. The number of nitrogens with one attached hydrogen (secondary N) is 2. The van der Waals surface area contributed by atoms with Crippen molar-refractivity contribution in [3.8, 4) is 0 Å². The molecule has 20 heavy (non-hydrogen) atoms. The molecule has 0 heterocycles. The first kappa shape index (κ1) is 16.2. The second-order valence-electron chi connectivity index (χ2n) is 4.34. The van der Waals surface area contributed by atoms with Crippen LogP contribution in [0, 0.1) is 5.82 Å². The number of hydrogen-bond acceptors (Lipinski definition) is 2. The molecule has 0 aliphatic heterocycles. The van der Waals surface area contributed by atoms with Gasteiger partial charge in [-0.25, -0.2) is 9.18 Å². The molecule has 1 atom stereocenters. The molecule has 2 amide bonds. The topological polar surface area (TPSA) is 78.4 Å². The molecule has 0 radical (unpaired) electrons. The second-order valence-corrected chi connectivity index (χ2v) is 4.78. The molecule has 0 saturated heterocycles. The third-order valence-corrected chi connectivity index (χ3v) is 2.73. The number of carboxylic acids is 1. The van der Waals surface area contributed by atoms with E-state index in [1.54, 1.807) is 0 Å². The van der Waals surface area contributed by atoms with Crippen LogP contribution in [0.3, 0.4) is 0 Å². The first-order valence-electron chi connectivity index (χ1n) is 6.16. The van der Waals surface area contributed by atoms with Crippen LogP contribution < -0.4 is 10.6 Å². The van der Waals surface area contributed by atoms with E-state index in [1.807, 2.05) is 6.92 Å². The molecular formula is C13H16ClFN2O3. The number of carbonyl (C=O) groups excluding carboxylic acids is 1. The Morgan fingerprint density at radius 3 is 2.65 bits per heavy atom. The maximum atomic E-state index is 13.1. The first-order valence-corrected chi connectivity index (χ1v) is 6.54. The fourth-order valence-corrected chi connectivity index (χ4v) is 1.98. The average Bonchev–Trinajstić information content (AvgIpc) is 2.26. The highest BCUT2D eigenvalue weighted by Gasteiger charge is 2.15. The zero-order valence-electron chi connectivity index (χ0n) is 11.0. The van der Waals surface area contributed by atoms with Gasteiger partial charge in [0.25, 0.3) is 0 Å². The van der Waals surface area contributed by atoms with Crippen LogP contribution in [0.2, 0.25) is 5.02 Å². The Labute approximate surface area is 121 Å². The molecule has 0 aliphatic carbocycles. The molecule has 0 saturated carbocycles. The summed E-state index contributed by atoms with van der Waals surface area (Å²) in [5.41, 5.74) is 0.207. The van der Waals surface area contributed by atoms with Gasteiger partial charge in [0.1, 0.15) is 5.82 Å². The maximum absolute atomic E-state index is 13.1. The van der Waals surface area contributed by atoms with Gasteiger partial charge < -0.3 is 15.7 Å². The Hall–Kier alpha value is -1.82. The van der Waals surface area contributed by atoms with Crippen LogP contribution in [0.5, 0.6) is 0 Å². The minimum Gasteiger partial charge on any atom is -0.481 e. The molecule has 1 aromatic carbocycles. The van der Waals surface area contributed by atoms with Crippen LogP contribution in [-0.4, -0.2) is 23.1 Å². The summed E-state index contributed by atoms with van der Waals surface area (Å²) in [6.45, 7) is 1.89. The summed E-state index contributed by atoms with van der Waals surface area (Å²) < 4.78 is 13.1. The number of amides is 2. The van der Waals surface area contributed by atoms with Crippen LogP contribution in [0.15, 0.2) is 18.2 Å². The van der Waals surface area contributed by atoms with Crippen molar-refractivity contribution in [3.63, 3.8) is 0 Å². The average molecular weight is 303 g/mol. The lowest BCUT2D eigenvalue weighted by Crippen LogP contribution is -2.39. The lowest BCUT2D eigenvalue weighted by Gasteiger charge is -2.16. The molecule has 0 bridgehead atoms. The van der Waals surface area contributed by atoms with Gasteiger partial charge in [0.2, 0.25) is 0 Å². The van der Waals surface area contributed by atoms with Crippen LogP contribution in [0.1, 0.15) is 26.2 Å². The molecule has 1 rings (SSSR count). The number of carboxylic acid groups (broad SMARTS) is 1. The predicted octanol–water partition coefficient (Wildman–Crippen LogP) is 3.24. The minimum atomic E-state index is -0.988. The van der Waals surface area contributed by atoms with Gasteiger partial charge >= 0.3 is 12.0 Å². The number of carbonyl (C=O) groups is 2. The highest BCUT2D eigenvalue weighted by Crippen LogP contribution is 2.18. The summed E-state index contributed by atoms with van der Waals surface area (Å²) in [5.74, 6) is -1.55. The quantitative estimate of drug-likeness (QED) is 0.755. The molecule has 3 N–H and O–H groups in total. The summed E-state index contributed by atoms with van der Waals surface area (Å²) in [5, 5.41) is 13.9. The predicted molar refractivity (Wildman–Crippen MR) is 74.5 cm³/mol. The third-order valence-electron chi connectivity index (χ3n) is 2.51. The molecular weight excluding hydrogens is 287 g/mol. The maximum Gasteiger partial charge on any atom is 0.319 e. The van der Waals surface area contributed by atoms with Crippen molar-refractivity contribution in [3.05, 3.63) is 29.0 Å². The monoisotopic (exact) mass is 302 g/mol. The van der Waals surface area contributed by atoms with E-state index in [4.69, 9.17) is 16.7 Å². The van der Waals surface area contributed by atoms with E-state index in [0.717, 1.165) is 18.6 Å². The number of hydrogen-bond donors (Lipinski definition) is 3. The first-order chi connectivity index (χ1) is 9.40. The number of benzene rings is 1. The van der Waals surface area contributed by atoms with Crippen molar-refractivity contribution in [1.29, 1.82) is 0 Å². The molecule has 5 nitrogen and oxygen atoms in total. The standard InChI is InChI=1S/C13H16ClFN2O3/c1-2-3-10(7-12(18)19)16-13(20)17-11-5-8(14)4-9(15)6-11/h4-6,10H,2-3,7H2,1H3,(H,18,19)(H2,16,17,20). The Bertz CT molecular complexity index is 476. The van der Waals surface area contributed by atoms with Gasteiger partial charge in [0.05, 0.1) is 6.42 Å². The van der Waals surface area contributed by atoms with Crippen molar-refractivity contribution in [2.45, 2.75) is 32.2 Å². The second kappa shape index (κ2) is 7.69. The fourth-order valence-electron chi connectivity index (χ4n) is 1.76. The zero-order chi connectivity index (χ0) is 15.1. The molecule has 110 valence electrons. The number of aliphatic carboxylic acids is 1. The lowest BCUT2D eigenvalue weighted by molar-refractivity contribution is -0.137. The molecule has 1 aromatic rings. The van der Waals surface area contributed by atoms with E-state index in [9.17, 15) is 14.0 Å². The van der Waals surface area contributed by atoms with Gasteiger partial charge in [0.15, 0.2) is 0 Å². The van der Waals surface area contributed by atoms with Crippen molar-refractivity contribution >= 4 is 29.3 Å². The van der Waals surface area contributed by atoms with Crippen LogP contribution in [0.4, 0.5) is 14.9 Å². The number of rotatable bonds is 6. The summed E-state index contributed by atoms with van der Waals surface area (Å²) in [7, 11) is 0. The van der Waals surface area contributed by atoms with E-state index in [-0.39, 0.29) is 17.1 Å². The van der Waals surface area contributed by atoms with E-state index in [0.29, 0.717) is 6.42 Å². The zero-order valence-corrected chi connectivity index (χ0v) is 11.7. The molecule has 1 unspecified atom stereocenters. The van der Waals surface area contributed by atoms with Crippen molar-refractivity contribution in [1.82, 2.24) is 5.32 Å². The Morgan fingerprint density at radius 2 is 2.10 bits per heavy atom. The molecule has 0 fully saturated rings. The number of anilines is 1. The van der Waals surface area contributed by atoms with Gasteiger partial charge in [-0.1, -0.05) is 24.9 Å². The van der Waals surface area contributed by atoms with E-state index in [1.165, 1.54) is 6.07 Å². The highest BCUT2D eigenvalue weighted by atomic mass is 35.5. The smallest absolute Gasteiger partial charge is 0.319 e. The summed E-state index contributed by atoms with van der Waals surface area (Å²) in [6.07, 6.45) is 1.12. The molecule has 0 aromatic heterocycles. The van der Waals surface area contributed by atoms with Gasteiger partial charge in [-0.05, 0) is 24.6 Å². The van der Waals surface area contributed by atoms with Gasteiger partial charge in [-0.3, -0.25) is 4.79 Å². The van der Waals surface area contributed by atoms with Crippen LogP contribution >= 0.6 is 11.6 Å². The van der Waals surface area contributed by atoms with Crippen molar-refractivity contribution < 1.29 is 19.1 Å². The van der Waals surface area contributed by atoms with Gasteiger partial charge in [-0.15, -0.1) is 0 Å². The van der Waals surface area contributed by atoms with Gasteiger partial charge in [0, 0.05) is 16.8 Å². The van der Waals surface area contributed by atoms with E-state index >= 15 is 0 Å². The van der Waals surface area contributed by atoms with E-state index in [2.05, 4.69) is 10.6 Å². The molecule has 0 spiro atoms. The number of halogens is 2. The molecule has 0 aliphatic rings. The molecule has 7 heteroatoms. The summed E-state index contributed by atoms with van der Waals surface area (Å²) in [4.78, 5) is 22.4. The Morgan fingerprint density at radius 1 is 1.40 bits per heavy atom. The lowest BCUT2D eigenvalue weighted by atomic mass is 10.1. The highest BCUT2D eigenvalue weighted by molar-refractivity contribution is 6.30. The minimum absolute atomic E-state index is 0.162. The SMILES string of the molecule is CCCC(CC(=O)O)NC(=O)Nc1cc(F)cc(Cl)c1. The van der Waals surface area contributed by atoms with Crippen molar-refractivity contribution in [2.75, 3.05) is 5.32 Å².